The summed E-state index contributed by atoms with van der Waals surface area (Å²) >= 11 is 5.84. The van der Waals surface area contributed by atoms with Crippen LogP contribution in [0.1, 0.15) is 18.4 Å². The molecule has 7 nitrogen and oxygen atoms in total. The number of aromatic nitrogens is 1. The van der Waals surface area contributed by atoms with Gasteiger partial charge in [-0.2, -0.15) is 0 Å². The van der Waals surface area contributed by atoms with Crippen LogP contribution in [0.15, 0.2) is 33.7 Å². The molecule has 1 amide bonds. The van der Waals surface area contributed by atoms with Gasteiger partial charge in [-0.25, -0.2) is 13.1 Å². The Morgan fingerprint density at radius 3 is 2.42 bits per heavy atom. The predicted octanol–water partition coefficient (Wildman–Crippen LogP) is 2.28. The summed E-state index contributed by atoms with van der Waals surface area (Å²) in [5.41, 5.74) is 0.935. The van der Waals surface area contributed by atoms with Crippen molar-refractivity contribution < 1.29 is 17.7 Å². The number of hydrogen-bond acceptors (Lipinski definition) is 5. The normalized spacial score (nSPS) is 11.5. The first-order valence-corrected chi connectivity index (χ1v) is 9.04. The molecule has 1 aromatic heterocycles. The summed E-state index contributed by atoms with van der Waals surface area (Å²) in [7, 11) is -3.75. The number of nitrogens with zero attached hydrogens (tertiary/aromatic N) is 2. The second-order valence-electron chi connectivity index (χ2n) is 5.20. The minimum Gasteiger partial charge on any atom is -0.360 e. The molecule has 1 heterocycles. The van der Waals surface area contributed by atoms with E-state index in [9.17, 15) is 13.2 Å². The largest absolute Gasteiger partial charge is 0.360 e. The fraction of sp³-hybridized carbons (Fsp3) is 0.333. The van der Waals surface area contributed by atoms with Gasteiger partial charge < -0.3 is 9.42 Å². The zero-order valence-electron chi connectivity index (χ0n) is 13.5. The Bertz CT molecular complexity index is 811. The molecule has 1 N–H and O–H groups in total. The summed E-state index contributed by atoms with van der Waals surface area (Å²) in [5, 5.41) is 4.20. The summed E-state index contributed by atoms with van der Waals surface area (Å²) in [6.45, 7) is 4.73. The standard InChI is InChI=1S/C15H18ClN3O4S/c1-10-15(11(2)23-18-10)24(21,22)17-8-9-19(12(3)20)14-6-4-13(16)5-7-14/h4-7,17H,8-9H2,1-3H3. The molecule has 0 aliphatic rings. The Morgan fingerprint density at radius 2 is 1.92 bits per heavy atom. The molecule has 1 aromatic carbocycles. The van der Waals surface area contributed by atoms with E-state index in [1.807, 2.05) is 0 Å². The number of benzene rings is 1. The number of carbonyl (C=O) groups is 1. The molecule has 2 rings (SSSR count). The SMILES string of the molecule is CC(=O)N(CCNS(=O)(=O)c1c(C)noc1C)c1ccc(Cl)cc1. The summed E-state index contributed by atoms with van der Waals surface area (Å²) < 4.78 is 32.0. The molecule has 0 unspecified atom stereocenters. The molecule has 0 spiro atoms. The van der Waals surface area contributed by atoms with Crippen molar-refractivity contribution in [2.45, 2.75) is 25.7 Å². The highest BCUT2D eigenvalue weighted by atomic mass is 35.5. The van der Waals surface area contributed by atoms with Gasteiger partial charge >= 0.3 is 0 Å². The number of nitrogens with one attached hydrogen (secondary N) is 1. The van der Waals surface area contributed by atoms with Gasteiger partial charge in [-0.05, 0) is 38.1 Å². The van der Waals surface area contributed by atoms with Crippen molar-refractivity contribution in [2.75, 3.05) is 18.0 Å². The lowest BCUT2D eigenvalue weighted by Gasteiger charge is -2.21. The van der Waals surface area contributed by atoms with Crippen LogP contribution < -0.4 is 9.62 Å². The minimum absolute atomic E-state index is 0.0309. The molecule has 0 radical (unpaired) electrons. The van der Waals surface area contributed by atoms with Gasteiger partial charge in [0.15, 0.2) is 5.76 Å². The lowest BCUT2D eigenvalue weighted by molar-refractivity contribution is -0.116. The van der Waals surface area contributed by atoms with Crippen LogP contribution in [-0.4, -0.2) is 32.6 Å². The van der Waals surface area contributed by atoms with E-state index in [2.05, 4.69) is 9.88 Å². The first-order valence-electron chi connectivity index (χ1n) is 7.18. The molecule has 130 valence electrons. The Labute approximate surface area is 145 Å². The molecule has 0 aliphatic carbocycles. The van der Waals surface area contributed by atoms with Crippen molar-refractivity contribution in [3.05, 3.63) is 40.7 Å². The number of sulfonamides is 1. The van der Waals surface area contributed by atoms with E-state index in [1.54, 1.807) is 31.2 Å². The first kappa shape index (κ1) is 18.4. The van der Waals surface area contributed by atoms with E-state index < -0.39 is 10.0 Å². The van der Waals surface area contributed by atoms with E-state index in [4.69, 9.17) is 16.1 Å². The van der Waals surface area contributed by atoms with Crippen LogP contribution in [0, 0.1) is 13.8 Å². The fourth-order valence-electron chi connectivity index (χ4n) is 2.31. The predicted molar refractivity (Wildman–Crippen MR) is 90.6 cm³/mol. The number of anilines is 1. The van der Waals surface area contributed by atoms with Gasteiger partial charge in [0.25, 0.3) is 0 Å². The highest BCUT2D eigenvalue weighted by Crippen LogP contribution is 2.19. The Hall–Kier alpha value is -1.90. The van der Waals surface area contributed by atoms with Gasteiger partial charge in [-0.1, -0.05) is 16.8 Å². The topological polar surface area (TPSA) is 92.5 Å². The number of carbonyl (C=O) groups excluding carboxylic acids is 1. The molecule has 9 heteroatoms. The van der Waals surface area contributed by atoms with Crippen molar-refractivity contribution in [1.82, 2.24) is 9.88 Å². The van der Waals surface area contributed by atoms with Gasteiger partial charge in [-0.15, -0.1) is 0 Å². The van der Waals surface area contributed by atoms with Crippen molar-refractivity contribution in [2.24, 2.45) is 0 Å². The minimum atomic E-state index is -3.75. The van der Waals surface area contributed by atoms with Crippen LogP contribution in [0.5, 0.6) is 0 Å². The van der Waals surface area contributed by atoms with Crippen LogP contribution >= 0.6 is 11.6 Å². The number of halogens is 1. The molecule has 0 saturated heterocycles. The van der Waals surface area contributed by atoms with E-state index in [0.29, 0.717) is 16.4 Å². The molecule has 0 atom stereocenters. The monoisotopic (exact) mass is 371 g/mol. The average Bonchev–Trinajstić information content (AvgIpc) is 2.84. The molecular formula is C15H18ClN3O4S. The summed E-state index contributed by atoms with van der Waals surface area (Å²) in [5.74, 6) is 0.0231. The van der Waals surface area contributed by atoms with Gasteiger partial charge in [0.2, 0.25) is 15.9 Å². The average molecular weight is 372 g/mol. The summed E-state index contributed by atoms with van der Waals surface area (Å²) in [4.78, 5) is 13.3. The molecule has 0 bridgehead atoms. The summed E-state index contributed by atoms with van der Waals surface area (Å²) in [6.07, 6.45) is 0. The third kappa shape index (κ3) is 4.14. The second kappa shape index (κ2) is 7.33. The van der Waals surface area contributed by atoms with Crippen LogP contribution in [-0.2, 0) is 14.8 Å². The van der Waals surface area contributed by atoms with Crippen LogP contribution in [0.25, 0.3) is 0 Å². The smallest absolute Gasteiger partial charge is 0.246 e. The van der Waals surface area contributed by atoms with Crippen molar-refractivity contribution in [3.63, 3.8) is 0 Å². The molecule has 24 heavy (non-hydrogen) atoms. The van der Waals surface area contributed by atoms with E-state index in [-0.39, 0.29) is 29.7 Å². The third-order valence-electron chi connectivity index (χ3n) is 3.38. The molecule has 0 saturated carbocycles. The zero-order chi connectivity index (χ0) is 17.9. The maximum Gasteiger partial charge on any atom is 0.246 e. The van der Waals surface area contributed by atoms with Gasteiger partial charge in [0.05, 0.1) is 0 Å². The van der Waals surface area contributed by atoms with Crippen molar-refractivity contribution in [1.29, 1.82) is 0 Å². The second-order valence-corrected chi connectivity index (χ2v) is 7.34. The Kier molecular flexibility index (Phi) is 5.63. The van der Waals surface area contributed by atoms with E-state index in [1.165, 1.54) is 18.7 Å². The highest BCUT2D eigenvalue weighted by molar-refractivity contribution is 7.89. The number of hydrogen-bond donors (Lipinski definition) is 1. The molecule has 0 fully saturated rings. The van der Waals surface area contributed by atoms with Crippen LogP contribution in [0.3, 0.4) is 0 Å². The fourth-order valence-corrected chi connectivity index (χ4v) is 3.78. The van der Waals surface area contributed by atoms with Gasteiger partial charge in [0, 0.05) is 30.7 Å². The number of rotatable bonds is 6. The van der Waals surface area contributed by atoms with Crippen LogP contribution in [0.2, 0.25) is 5.02 Å². The lowest BCUT2D eigenvalue weighted by atomic mass is 10.3. The van der Waals surface area contributed by atoms with Crippen molar-refractivity contribution in [3.8, 4) is 0 Å². The van der Waals surface area contributed by atoms with E-state index in [0.717, 1.165) is 0 Å². The number of aryl methyl sites for hydroxylation is 2. The van der Waals surface area contributed by atoms with Gasteiger partial charge in [0.1, 0.15) is 10.6 Å². The lowest BCUT2D eigenvalue weighted by Crippen LogP contribution is -2.37. The maximum absolute atomic E-state index is 12.3. The van der Waals surface area contributed by atoms with Crippen molar-refractivity contribution >= 4 is 33.2 Å². The Balaban J connectivity index is 2.08. The summed E-state index contributed by atoms with van der Waals surface area (Å²) in [6, 6.07) is 6.74. The number of amides is 1. The van der Waals surface area contributed by atoms with Crippen LogP contribution in [0.4, 0.5) is 5.69 Å². The molecular weight excluding hydrogens is 354 g/mol. The van der Waals surface area contributed by atoms with E-state index >= 15 is 0 Å². The molecule has 2 aromatic rings. The third-order valence-corrected chi connectivity index (χ3v) is 5.34. The Morgan fingerprint density at radius 1 is 1.29 bits per heavy atom. The first-order chi connectivity index (χ1) is 11.2. The zero-order valence-corrected chi connectivity index (χ0v) is 15.1. The maximum atomic E-state index is 12.3. The quantitative estimate of drug-likeness (QED) is 0.840. The highest BCUT2D eigenvalue weighted by Gasteiger charge is 2.24. The molecule has 0 aliphatic heterocycles. The van der Waals surface area contributed by atoms with Gasteiger partial charge in [-0.3, -0.25) is 4.79 Å².